The second-order valence-electron chi connectivity index (χ2n) is 3.64. The highest BCUT2D eigenvalue weighted by Gasteiger charge is 2.24. The zero-order chi connectivity index (χ0) is 11.1. The van der Waals surface area contributed by atoms with E-state index in [0.717, 1.165) is 0 Å². The van der Waals surface area contributed by atoms with Gasteiger partial charge in [-0.05, 0) is 35.8 Å². The van der Waals surface area contributed by atoms with Gasteiger partial charge in [0.1, 0.15) is 0 Å². The fourth-order valence-electron chi connectivity index (χ4n) is 1.09. The molecule has 1 rings (SSSR count). The molecule has 0 aliphatic rings. The Morgan fingerprint density at radius 3 is 2.29 bits per heavy atom. The van der Waals surface area contributed by atoms with Gasteiger partial charge in [-0.3, -0.25) is 0 Å². The molecule has 0 aliphatic carbocycles. The number of benzene rings is 1. The van der Waals surface area contributed by atoms with E-state index in [2.05, 4.69) is 15.9 Å². The third-order valence-corrected chi connectivity index (χ3v) is 2.47. The molecule has 0 fully saturated rings. The van der Waals surface area contributed by atoms with Crippen molar-refractivity contribution in [3.63, 3.8) is 0 Å². The molecule has 0 saturated heterocycles. The number of nitrogens with two attached hydrogens (primary N) is 1. The maximum Gasteiger partial charge on any atom is 0.207 e. The first-order chi connectivity index (χ1) is 6.25. The molecule has 0 unspecified atom stereocenters. The highest BCUT2D eigenvalue weighted by Crippen LogP contribution is 2.39. The van der Waals surface area contributed by atoms with E-state index in [1.54, 1.807) is 13.8 Å². The zero-order valence-electron chi connectivity index (χ0n) is 7.81. The Balaban J connectivity index is 3.49. The minimum absolute atomic E-state index is 0.168. The first-order valence-electron chi connectivity index (χ1n) is 3.94. The molecule has 0 aromatic heterocycles. The van der Waals surface area contributed by atoms with Crippen LogP contribution in [0.5, 0.6) is 11.5 Å². The van der Waals surface area contributed by atoms with Crippen molar-refractivity contribution in [3.8, 4) is 11.5 Å². The van der Waals surface area contributed by atoms with Crippen LogP contribution in [-0.2, 0) is 5.54 Å². The molecule has 78 valence electrons. The average Bonchev–Trinajstić information content (AvgIpc) is 2.06. The van der Waals surface area contributed by atoms with Crippen molar-refractivity contribution >= 4 is 15.9 Å². The lowest BCUT2D eigenvalue weighted by atomic mass is 9.94. The van der Waals surface area contributed by atoms with Gasteiger partial charge in [-0.2, -0.15) is 4.39 Å². The molecule has 4 N–H and O–H groups in total. The normalized spacial score (nSPS) is 11.8. The van der Waals surface area contributed by atoms with E-state index in [0.29, 0.717) is 0 Å². The van der Waals surface area contributed by atoms with Crippen molar-refractivity contribution in [1.29, 1.82) is 0 Å². The summed E-state index contributed by atoms with van der Waals surface area (Å²) >= 11 is 2.97. The second-order valence-corrected chi connectivity index (χ2v) is 4.49. The Hall–Kier alpha value is -0.810. The summed E-state index contributed by atoms with van der Waals surface area (Å²) in [5.41, 5.74) is 5.08. The molecule has 0 bridgehead atoms. The first kappa shape index (κ1) is 11.3. The fourth-order valence-corrected chi connectivity index (χ4v) is 1.49. The Morgan fingerprint density at radius 2 is 1.86 bits per heavy atom. The molecular formula is C9H11BrFNO2. The maximum atomic E-state index is 13.2. The van der Waals surface area contributed by atoms with E-state index in [1.807, 2.05) is 0 Å². The smallest absolute Gasteiger partial charge is 0.207 e. The lowest BCUT2D eigenvalue weighted by Crippen LogP contribution is -2.28. The molecule has 0 radical (unpaired) electrons. The van der Waals surface area contributed by atoms with Crippen LogP contribution in [0.2, 0.25) is 0 Å². The molecule has 1 aromatic carbocycles. The van der Waals surface area contributed by atoms with Gasteiger partial charge in [-0.25, -0.2) is 0 Å². The lowest BCUT2D eigenvalue weighted by molar-refractivity contribution is 0.372. The third kappa shape index (κ3) is 1.83. The molecule has 0 aliphatic heterocycles. The number of phenols is 2. The molecule has 1 aromatic rings. The van der Waals surface area contributed by atoms with E-state index in [1.165, 1.54) is 6.07 Å². The SMILES string of the molecule is CC(C)(N)c1cc(Br)c(O)c(F)c1O. The van der Waals surface area contributed by atoms with E-state index >= 15 is 0 Å². The van der Waals surface area contributed by atoms with Gasteiger partial charge >= 0.3 is 0 Å². The van der Waals surface area contributed by atoms with Crippen LogP contribution < -0.4 is 5.73 Å². The topological polar surface area (TPSA) is 66.5 Å². The van der Waals surface area contributed by atoms with Crippen molar-refractivity contribution in [2.75, 3.05) is 0 Å². The highest BCUT2D eigenvalue weighted by atomic mass is 79.9. The van der Waals surface area contributed by atoms with Gasteiger partial charge in [0.15, 0.2) is 11.5 Å². The zero-order valence-corrected chi connectivity index (χ0v) is 9.39. The molecule has 0 amide bonds. The van der Waals surface area contributed by atoms with Gasteiger partial charge in [0.05, 0.1) is 4.47 Å². The predicted octanol–water partition coefficient (Wildman–Crippen LogP) is 2.19. The number of rotatable bonds is 1. The van der Waals surface area contributed by atoms with Gasteiger partial charge in [0.25, 0.3) is 0 Å². The summed E-state index contributed by atoms with van der Waals surface area (Å²) in [7, 11) is 0. The van der Waals surface area contributed by atoms with Gasteiger partial charge in [0.2, 0.25) is 5.82 Å². The summed E-state index contributed by atoms with van der Waals surface area (Å²) in [6.45, 7) is 3.26. The van der Waals surface area contributed by atoms with Crippen LogP contribution in [0.1, 0.15) is 19.4 Å². The van der Waals surface area contributed by atoms with Crippen LogP contribution in [0.3, 0.4) is 0 Å². The van der Waals surface area contributed by atoms with Crippen LogP contribution in [0, 0.1) is 5.82 Å². The molecule has 14 heavy (non-hydrogen) atoms. The van der Waals surface area contributed by atoms with Crippen LogP contribution in [0.15, 0.2) is 10.5 Å². The summed E-state index contributed by atoms with van der Waals surface area (Å²) in [6.07, 6.45) is 0. The second kappa shape index (κ2) is 3.40. The Morgan fingerprint density at radius 1 is 1.36 bits per heavy atom. The number of phenolic OH excluding ortho intramolecular Hbond substituents is 2. The number of aromatic hydroxyl groups is 2. The van der Waals surface area contributed by atoms with Gasteiger partial charge in [-0.1, -0.05) is 0 Å². The molecule has 0 heterocycles. The lowest BCUT2D eigenvalue weighted by Gasteiger charge is -2.21. The molecule has 0 atom stereocenters. The number of hydrogen-bond acceptors (Lipinski definition) is 3. The monoisotopic (exact) mass is 263 g/mol. The van der Waals surface area contributed by atoms with Gasteiger partial charge < -0.3 is 15.9 Å². The van der Waals surface area contributed by atoms with E-state index in [4.69, 9.17) is 10.8 Å². The summed E-state index contributed by atoms with van der Waals surface area (Å²) in [5.74, 6) is -2.29. The summed E-state index contributed by atoms with van der Waals surface area (Å²) in [5, 5.41) is 18.6. The largest absolute Gasteiger partial charge is 0.504 e. The number of hydrogen-bond donors (Lipinski definition) is 3. The maximum absolute atomic E-state index is 13.2. The summed E-state index contributed by atoms with van der Waals surface area (Å²) in [4.78, 5) is 0. The standard InChI is InChI=1S/C9H11BrFNO2/c1-9(2,12)4-3-5(10)8(14)6(11)7(4)13/h3,13-14H,12H2,1-2H3. The van der Waals surface area contributed by atoms with E-state index < -0.39 is 22.9 Å². The van der Waals surface area contributed by atoms with Crippen molar-refractivity contribution in [1.82, 2.24) is 0 Å². The van der Waals surface area contributed by atoms with Crippen LogP contribution >= 0.6 is 15.9 Å². The van der Waals surface area contributed by atoms with E-state index in [9.17, 15) is 9.50 Å². The van der Waals surface area contributed by atoms with Gasteiger partial charge in [0, 0.05) is 11.1 Å². The summed E-state index contributed by atoms with van der Waals surface area (Å²) < 4.78 is 13.4. The predicted molar refractivity (Wildman–Crippen MR) is 54.6 cm³/mol. The molecule has 0 spiro atoms. The van der Waals surface area contributed by atoms with Crippen LogP contribution in [0.4, 0.5) is 4.39 Å². The van der Waals surface area contributed by atoms with Crippen molar-refractivity contribution in [2.45, 2.75) is 19.4 Å². The highest BCUT2D eigenvalue weighted by molar-refractivity contribution is 9.10. The molecular weight excluding hydrogens is 253 g/mol. The first-order valence-corrected chi connectivity index (χ1v) is 4.73. The summed E-state index contributed by atoms with van der Waals surface area (Å²) in [6, 6.07) is 1.40. The van der Waals surface area contributed by atoms with Crippen LogP contribution in [-0.4, -0.2) is 10.2 Å². The Labute approximate surface area is 89.5 Å². The minimum atomic E-state index is -1.06. The van der Waals surface area contributed by atoms with Crippen molar-refractivity contribution in [3.05, 3.63) is 21.9 Å². The molecule has 5 heteroatoms. The third-order valence-electron chi connectivity index (χ3n) is 1.86. The molecule has 3 nitrogen and oxygen atoms in total. The van der Waals surface area contributed by atoms with E-state index in [-0.39, 0.29) is 10.0 Å². The van der Waals surface area contributed by atoms with Crippen LogP contribution in [0.25, 0.3) is 0 Å². The minimum Gasteiger partial charge on any atom is -0.504 e. The van der Waals surface area contributed by atoms with Crippen molar-refractivity contribution in [2.24, 2.45) is 5.73 Å². The van der Waals surface area contributed by atoms with Gasteiger partial charge in [-0.15, -0.1) is 0 Å². The Kier molecular flexibility index (Phi) is 2.74. The average molecular weight is 264 g/mol. The number of halogens is 2. The quantitative estimate of drug-likeness (QED) is 0.728. The molecule has 0 saturated carbocycles. The Bertz CT molecular complexity index is 374. The van der Waals surface area contributed by atoms with Crippen molar-refractivity contribution < 1.29 is 14.6 Å². The fraction of sp³-hybridized carbons (Fsp3) is 0.333.